The Labute approximate surface area is 177 Å². The minimum Gasteiger partial charge on any atom is -0.393 e. The van der Waals surface area contributed by atoms with E-state index in [9.17, 15) is 14.7 Å². The van der Waals surface area contributed by atoms with Crippen LogP contribution in [0.5, 0.6) is 0 Å². The van der Waals surface area contributed by atoms with Crippen LogP contribution in [0.1, 0.15) is 104 Å². The predicted molar refractivity (Wildman–Crippen MR) is 115 cm³/mol. The SMILES string of the molecule is CCCC(=O)CCCC1CCC2C3C(=O)CC4C[C@H](O)CCC4(C)C3CCC12C. The lowest BCUT2D eigenvalue weighted by Gasteiger charge is -2.60. The second kappa shape index (κ2) is 8.09. The number of aliphatic hydroxyl groups is 1. The van der Waals surface area contributed by atoms with Crippen molar-refractivity contribution < 1.29 is 14.7 Å². The summed E-state index contributed by atoms with van der Waals surface area (Å²) >= 11 is 0. The summed E-state index contributed by atoms with van der Waals surface area (Å²) in [6.07, 6.45) is 12.9. The van der Waals surface area contributed by atoms with Crippen molar-refractivity contribution in [3.63, 3.8) is 0 Å². The van der Waals surface area contributed by atoms with Gasteiger partial charge in [-0.25, -0.2) is 0 Å². The average molecular weight is 403 g/mol. The third-order valence-corrected chi connectivity index (χ3v) is 10.2. The van der Waals surface area contributed by atoms with Crippen molar-refractivity contribution in [1.82, 2.24) is 0 Å². The summed E-state index contributed by atoms with van der Waals surface area (Å²) in [6, 6.07) is 0. The van der Waals surface area contributed by atoms with E-state index in [1.807, 2.05) is 0 Å². The predicted octanol–water partition coefficient (Wildman–Crippen LogP) is 5.72. The monoisotopic (exact) mass is 402 g/mol. The summed E-state index contributed by atoms with van der Waals surface area (Å²) in [7, 11) is 0. The highest BCUT2D eigenvalue weighted by Gasteiger charge is 2.62. The fourth-order valence-electron chi connectivity index (χ4n) is 8.44. The first-order chi connectivity index (χ1) is 13.8. The van der Waals surface area contributed by atoms with Crippen LogP contribution in [-0.2, 0) is 9.59 Å². The lowest BCUT2D eigenvalue weighted by Crippen LogP contribution is -2.57. The lowest BCUT2D eigenvalue weighted by atomic mass is 9.44. The summed E-state index contributed by atoms with van der Waals surface area (Å²) in [5.41, 5.74) is 0.547. The summed E-state index contributed by atoms with van der Waals surface area (Å²) in [4.78, 5) is 25.3. The molecule has 0 aromatic rings. The molecule has 3 heteroatoms. The number of fused-ring (bicyclic) bond motifs is 5. The molecule has 164 valence electrons. The Hall–Kier alpha value is -0.700. The maximum absolute atomic E-state index is 13.4. The van der Waals surface area contributed by atoms with Crippen LogP contribution in [0.4, 0.5) is 0 Å². The van der Waals surface area contributed by atoms with E-state index in [0.29, 0.717) is 47.1 Å². The van der Waals surface area contributed by atoms with Crippen molar-refractivity contribution in [3.05, 3.63) is 0 Å². The molecule has 0 heterocycles. The molecule has 0 saturated heterocycles. The van der Waals surface area contributed by atoms with E-state index in [1.54, 1.807) is 0 Å². The number of hydrogen-bond acceptors (Lipinski definition) is 3. The minimum absolute atomic E-state index is 0.197. The van der Waals surface area contributed by atoms with Gasteiger partial charge in [0.15, 0.2) is 0 Å². The fourth-order valence-corrected chi connectivity index (χ4v) is 8.44. The molecule has 0 aliphatic heterocycles. The molecule has 4 fully saturated rings. The molecule has 0 amide bonds. The highest BCUT2D eigenvalue weighted by molar-refractivity contribution is 5.83. The van der Waals surface area contributed by atoms with Gasteiger partial charge in [-0.15, -0.1) is 0 Å². The first kappa shape index (κ1) is 21.5. The van der Waals surface area contributed by atoms with E-state index in [4.69, 9.17) is 0 Å². The molecule has 0 bridgehead atoms. The number of aliphatic hydroxyl groups excluding tert-OH is 1. The maximum atomic E-state index is 13.4. The van der Waals surface area contributed by atoms with E-state index in [0.717, 1.165) is 44.9 Å². The molecule has 7 unspecified atom stereocenters. The fraction of sp³-hybridized carbons (Fsp3) is 0.923. The molecular weight excluding hydrogens is 360 g/mol. The van der Waals surface area contributed by atoms with Crippen molar-refractivity contribution in [2.45, 2.75) is 110 Å². The van der Waals surface area contributed by atoms with E-state index < -0.39 is 0 Å². The molecule has 0 spiro atoms. The van der Waals surface area contributed by atoms with Crippen LogP contribution in [0, 0.1) is 40.4 Å². The topological polar surface area (TPSA) is 54.4 Å². The van der Waals surface area contributed by atoms with Crippen LogP contribution in [0.15, 0.2) is 0 Å². The third kappa shape index (κ3) is 3.64. The second-order valence-electron chi connectivity index (χ2n) is 11.5. The van der Waals surface area contributed by atoms with E-state index >= 15 is 0 Å². The molecule has 4 aliphatic carbocycles. The maximum Gasteiger partial charge on any atom is 0.136 e. The summed E-state index contributed by atoms with van der Waals surface area (Å²) in [6.45, 7) is 7.01. The first-order valence-corrected chi connectivity index (χ1v) is 12.5. The van der Waals surface area contributed by atoms with E-state index in [1.165, 1.54) is 32.1 Å². The zero-order valence-corrected chi connectivity index (χ0v) is 18.9. The van der Waals surface area contributed by atoms with Crippen LogP contribution in [0.3, 0.4) is 0 Å². The van der Waals surface area contributed by atoms with Gasteiger partial charge in [0.2, 0.25) is 0 Å². The van der Waals surface area contributed by atoms with E-state index in [-0.39, 0.29) is 17.4 Å². The van der Waals surface area contributed by atoms with Crippen LogP contribution in [0.25, 0.3) is 0 Å². The van der Waals surface area contributed by atoms with Gasteiger partial charge in [-0.05, 0) is 98.7 Å². The number of carbonyl (C=O) groups excluding carboxylic acids is 2. The summed E-state index contributed by atoms with van der Waals surface area (Å²) in [5, 5.41) is 10.2. The molecule has 0 radical (unpaired) electrons. The van der Waals surface area contributed by atoms with Gasteiger partial charge in [0.1, 0.15) is 11.6 Å². The zero-order valence-electron chi connectivity index (χ0n) is 18.9. The van der Waals surface area contributed by atoms with Crippen molar-refractivity contribution in [2.75, 3.05) is 0 Å². The van der Waals surface area contributed by atoms with Crippen LogP contribution in [0.2, 0.25) is 0 Å². The molecule has 0 aromatic carbocycles. The Kier molecular flexibility index (Phi) is 6.01. The number of Topliss-reactive ketones (excluding diaryl/α,β-unsaturated/α-hetero) is 2. The molecule has 4 rings (SSSR count). The largest absolute Gasteiger partial charge is 0.393 e. The highest BCUT2D eigenvalue weighted by atomic mass is 16.3. The Morgan fingerprint density at radius 1 is 1.03 bits per heavy atom. The number of carbonyl (C=O) groups is 2. The number of rotatable bonds is 6. The normalized spacial score (nSPS) is 46.7. The quantitative estimate of drug-likeness (QED) is 0.618. The van der Waals surface area contributed by atoms with Gasteiger partial charge in [0.05, 0.1) is 6.10 Å². The molecule has 8 atom stereocenters. The molecule has 0 aromatic heterocycles. The van der Waals surface area contributed by atoms with Gasteiger partial charge in [-0.3, -0.25) is 9.59 Å². The van der Waals surface area contributed by atoms with Crippen LogP contribution < -0.4 is 0 Å². The van der Waals surface area contributed by atoms with Gasteiger partial charge in [0.25, 0.3) is 0 Å². The van der Waals surface area contributed by atoms with Gasteiger partial charge in [-0.1, -0.05) is 20.8 Å². The standard InChI is InChI=1S/C26H42O3/c1-4-6-19(27)8-5-7-17-9-10-21-24-22(12-14-25(17,21)2)26(3)13-11-20(28)15-18(26)16-23(24)29/h17-18,20-22,24,28H,4-16H2,1-3H3/t17?,18?,20-,21?,22?,24?,25?,26?/m1/s1. The van der Waals surface area contributed by atoms with Crippen molar-refractivity contribution >= 4 is 11.6 Å². The molecule has 4 aliphatic rings. The van der Waals surface area contributed by atoms with Crippen LogP contribution >= 0.6 is 0 Å². The highest BCUT2D eigenvalue weighted by Crippen LogP contribution is 2.67. The molecular formula is C26H42O3. The first-order valence-electron chi connectivity index (χ1n) is 12.5. The summed E-state index contributed by atoms with van der Waals surface area (Å²) in [5.74, 6) is 3.37. The molecule has 29 heavy (non-hydrogen) atoms. The van der Waals surface area contributed by atoms with Gasteiger partial charge >= 0.3 is 0 Å². The molecule has 1 N–H and O–H groups in total. The van der Waals surface area contributed by atoms with Crippen LogP contribution in [-0.4, -0.2) is 22.8 Å². The van der Waals surface area contributed by atoms with Crippen molar-refractivity contribution in [2.24, 2.45) is 40.4 Å². The van der Waals surface area contributed by atoms with Crippen molar-refractivity contribution in [3.8, 4) is 0 Å². The van der Waals surface area contributed by atoms with E-state index in [2.05, 4.69) is 20.8 Å². The lowest BCUT2D eigenvalue weighted by molar-refractivity contribution is -0.160. The Morgan fingerprint density at radius 2 is 1.76 bits per heavy atom. The Balaban J connectivity index is 1.46. The molecule has 3 nitrogen and oxygen atoms in total. The molecule has 4 saturated carbocycles. The van der Waals surface area contributed by atoms with Crippen molar-refractivity contribution in [1.29, 1.82) is 0 Å². The average Bonchev–Trinajstić information content (AvgIpc) is 3.00. The Morgan fingerprint density at radius 3 is 2.52 bits per heavy atom. The smallest absolute Gasteiger partial charge is 0.136 e. The van der Waals surface area contributed by atoms with Gasteiger partial charge in [0, 0.05) is 25.2 Å². The second-order valence-corrected chi connectivity index (χ2v) is 11.5. The van der Waals surface area contributed by atoms with Gasteiger partial charge < -0.3 is 5.11 Å². The van der Waals surface area contributed by atoms with Gasteiger partial charge in [-0.2, -0.15) is 0 Å². The summed E-state index contributed by atoms with van der Waals surface area (Å²) < 4.78 is 0. The number of ketones is 2. The Bertz CT molecular complexity index is 642. The number of hydrogen-bond donors (Lipinski definition) is 1. The minimum atomic E-state index is -0.197. The zero-order chi connectivity index (χ0) is 20.8. The third-order valence-electron chi connectivity index (χ3n) is 10.2.